The van der Waals surface area contributed by atoms with E-state index in [0.29, 0.717) is 13.1 Å². The maximum atomic E-state index is 11.5. The second-order valence-electron chi connectivity index (χ2n) is 3.36. The van der Waals surface area contributed by atoms with Crippen molar-refractivity contribution in [3.8, 4) is 0 Å². The Kier molecular flexibility index (Phi) is 8.29. The van der Waals surface area contributed by atoms with Crippen molar-refractivity contribution in [3.63, 3.8) is 0 Å². The summed E-state index contributed by atoms with van der Waals surface area (Å²) >= 11 is 0. The Labute approximate surface area is 105 Å². The Hall–Kier alpha value is -1.83. The smallest absolute Gasteiger partial charge is 0.338 e. The number of carbonyl (C=O) groups excluding carboxylic acids is 2. The number of hydrogen-bond donors (Lipinski definition) is 3. The van der Waals surface area contributed by atoms with Gasteiger partial charge >= 0.3 is 12.0 Å². The zero-order valence-electron chi connectivity index (χ0n) is 10.6. The fourth-order valence-corrected chi connectivity index (χ4v) is 1.22. The lowest BCUT2D eigenvalue weighted by Crippen LogP contribution is -2.39. The van der Waals surface area contributed by atoms with E-state index in [-0.39, 0.29) is 18.9 Å². The molecule has 0 radical (unpaired) electrons. The summed E-state index contributed by atoms with van der Waals surface area (Å²) in [6, 6.07) is -0.677. The molecule has 0 aromatic carbocycles. The molecule has 0 unspecified atom stereocenters. The van der Waals surface area contributed by atoms with E-state index < -0.39 is 18.6 Å². The average molecular weight is 261 g/mol. The first-order valence-electron chi connectivity index (χ1n) is 5.66. The number of nitrogens with zero attached hydrogens (tertiary/aromatic N) is 1. The molecule has 0 fully saturated rings. The topological polar surface area (TPSA) is 108 Å². The van der Waals surface area contributed by atoms with Gasteiger partial charge in [-0.1, -0.05) is 0 Å². The second-order valence-corrected chi connectivity index (χ2v) is 3.36. The van der Waals surface area contributed by atoms with E-state index in [1.54, 1.807) is 4.90 Å². The van der Waals surface area contributed by atoms with Crippen molar-refractivity contribution in [1.29, 1.82) is 0 Å². The van der Waals surface area contributed by atoms with Crippen LogP contribution in [0.25, 0.3) is 0 Å². The zero-order valence-corrected chi connectivity index (χ0v) is 10.6. The molecular weight excluding hydrogens is 242 g/mol. The molecule has 0 atom stereocenters. The average Bonchev–Trinajstić information content (AvgIpc) is 2.30. The molecule has 104 valence electrons. The van der Waals surface area contributed by atoms with Crippen LogP contribution in [0.3, 0.4) is 0 Å². The van der Waals surface area contributed by atoms with E-state index >= 15 is 0 Å². The molecule has 3 amide bonds. The normalized spacial score (nSPS) is 9.67. The summed E-state index contributed by atoms with van der Waals surface area (Å²) in [5, 5.41) is 10.6. The number of rotatable bonds is 8. The highest BCUT2D eigenvalue weighted by atomic mass is 16.7. The number of carboxylic acids is 1. The molecule has 0 saturated carbocycles. The highest BCUT2D eigenvalue weighted by Gasteiger charge is 2.09. The minimum Gasteiger partial charge on any atom is -0.479 e. The molecule has 8 nitrogen and oxygen atoms in total. The van der Waals surface area contributed by atoms with E-state index in [1.165, 1.54) is 0 Å². The molecule has 0 aliphatic carbocycles. The quantitative estimate of drug-likeness (QED) is 0.513. The molecular formula is C10H19N3O5. The van der Waals surface area contributed by atoms with Gasteiger partial charge < -0.3 is 15.3 Å². The van der Waals surface area contributed by atoms with Crippen LogP contribution in [0.4, 0.5) is 4.79 Å². The van der Waals surface area contributed by atoms with Crippen LogP contribution < -0.4 is 10.8 Å². The summed E-state index contributed by atoms with van der Waals surface area (Å²) in [5.41, 5.74) is 1.89. The number of amides is 3. The first-order chi connectivity index (χ1) is 8.51. The monoisotopic (exact) mass is 261 g/mol. The maximum Gasteiger partial charge on any atom is 0.338 e. The van der Waals surface area contributed by atoms with Gasteiger partial charge in [0.25, 0.3) is 0 Å². The molecule has 0 spiro atoms. The van der Waals surface area contributed by atoms with Crippen LogP contribution in [0.15, 0.2) is 0 Å². The molecule has 0 aromatic heterocycles. The van der Waals surface area contributed by atoms with Crippen molar-refractivity contribution in [2.75, 3.05) is 26.2 Å². The predicted molar refractivity (Wildman–Crippen MR) is 62.7 cm³/mol. The number of aliphatic carboxylic acids is 1. The van der Waals surface area contributed by atoms with Crippen molar-refractivity contribution < 1.29 is 24.3 Å². The van der Waals surface area contributed by atoms with Crippen LogP contribution in [-0.2, 0) is 14.4 Å². The fourth-order valence-electron chi connectivity index (χ4n) is 1.22. The Morgan fingerprint density at radius 1 is 1.22 bits per heavy atom. The van der Waals surface area contributed by atoms with Gasteiger partial charge in [0.05, 0.1) is 0 Å². The van der Waals surface area contributed by atoms with Gasteiger partial charge in [-0.3, -0.25) is 9.63 Å². The summed E-state index contributed by atoms with van der Waals surface area (Å²) in [4.78, 5) is 38.7. The van der Waals surface area contributed by atoms with Crippen molar-refractivity contribution in [1.82, 2.24) is 15.7 Å². The predicted octanol–water partition coefficient (Wildman–Crippen LogP) is -0.440. The number of carboxylic acid groups (broad SMARTS) is 1. The van der Waals surface area contributed by atoms with Gasteiger partial charge in [0, 0.05) is 26.1 Å². The molecule has 0 aliphatic rings. The Morgan fingerprint density at radius 3 is 2.33 bits per heavy atom. The largest absolute Gasteiger partial charge is 0.479 e. The summed E-state index contributed by atoms with van der Waals surface area (Å²) in [7, 11) is 0. The number of hydroxylamine groups is 1. The van der Waals surface area contributed by atoms with Crippen LogP contribution in [0.1, 0.15) is 20.3 Å². The third-order valence-electron chi connectivity index (χ3n) is 2.10. The molecule has 0 bridgehead atoms. The van der Waals surface area contributed by atoms with Crippen molar-refractivity contribution in [3.05, 3.63) is 0 Å². The lowest BCUT2D eigenvalue weighted by atomic mass is 10.3. The highest BCUT2D eigenvalue weighted by Crippen LogP contribution is 1.92. The van der Waals surface area contributed by atoms with E-state index in [9.17, 15) is 14.4 Å². The molecule has 8 heteroatoms. The highest BCUT2D eigenvalue weighted by molar-refractivity contribution is 5.78. The Balaban J connectivity index is 3.67. The van der Waals surface area contributed by atoms with Crippen LogP contribution >= 0.6 is 0 Å². The van der Waals surface area contributed by atoms with Crippen molar-refractivity contribution in [2.45, 2.75) is 20.3 Å². The van der Waals surface area contributed by atoms with Gasteiger partial charge in [-0.25, -0.2) is 15.1 Å². The minimum atomic E-state index is -1.19. The maximum absolute atomic E-state index is 11.5. The minimum absolute atomic E-state index is 0.0493. The first kappa shape index (κ1) is 16.2. The zero-order chi connectivity index (χ0) is 14.0. The molecule has 0 aliphatic heterocycles. The van der Waals surface area contributed by atoms with Crippen molar-refractivity contribution in [2.24, 2.45) is 0 Å². The van der Waals surface area contributed by atoms with Crippen molar-refractivity contribution >= 4 is 17.9 Å². The third-order valence-corrected chi connectivity index (χ3v) is 2.10. The number of carbonyl (C=O) groups is 3. The van der Waals surface area contributed by atoms with Crippen LogP contribution in [-0.4, -0.2) is 54.2 Å². The van der Waals surface area contributed by atoms with Gasteiger partial charge in [-0.2, -0.15) is 0 Å². The molecule has 18 heavy (non-hydrogen) atoms. The molecule has 3 N–H and O–H groups in total. The first-order valence-corrected chi connectivity index (χ1v) is 5.66. The lowest BCUT2D eigenvalue weighted by molar-refractivity contribution is -0.144. The molecule has 0 saturated heterocycles. The van der Waals surface area contributed by atoms with E-state index in [4.69, 9.17) is 5.11 Å². The molecule has 0 aromatic rings. The Morgan fingerprint density at radius 2 is 1.83 bits per heavy atom. The summed E-state index contributed by atoms with van der Waals surface area (Å²) < 4.78 is 0. The van der Waals surface area contributed by atoms with E-state index in [1.807, 2.05) is 19.3 Å². The van der Waals surface area contributed by atoms with Crippen LogP contribution in [0, 0.1) is 0 Å². The van der Waals surface area contributed by atoms with Gasteiger partial charge in [0.2, 0.25) is 5.91 Å². The van der Waals surface area contributed by atoms with Gasteiger partial charge in [-0.05, 0) is 13.8 Å². The molecule has 0 rings (SSSR count). The standard InChI is InChI=1S/C10H19N3O5/c1-3-13(4-2)8(14)5-6-11-10(17)12-18-7-9(15)16/h3-7H2,1-2H3,(H,15,16)(H2,11,12,17). The third kappa shape index (κ3) is 7.44. The van der Waals surface area contributed by atoms with E-state index in [0.717, 1.165) is 0 Å². The lowest BCUT2D eigenvalue weighted by Gasteiger charge is -2.18. The van der Waals surface area contributed by atoms with E-state index in [2.05, 4.69) is 10.2 Å². The SMILES string of the molecule is CCN(CC)C(=O)CCNC(=O)NOCC(=O)O. The number of urea groups is 1. The second kappa shape index (κ2) is 9.23. The van der Waals surface area contributed by atoms with Gasteiger partial charge in [-0.15, -0.1) is 0 Å². The van der Waals surface area contributed by atoms with Crippen LogP contribution in [0.2, 0.25) is 0 Å². The Bertz CT molecular complexity index is 291. The number of nitrogens with one attached hydrogen (secondary N) is 2. The summed E-state index contributed by atoms with van der Waals surface area (Å²) in [6.07, 6.45) is 0.189. The van der Waals surface area contributed by atoms with Gasteiger partial charge in [0.15, 0.2) is 6.61 Å². The van der Waals surface area contributed by atoms with Gasteiger partial charge in [0.1, 0.15) is 0 Å². The summed E-state index contributed by atoms with van der Waals surface area (Å²) in [6.45, 7) is 4.55. The fraction of sp³-hybridized carbons (Fsp3) is 0.700. The van der Waals surface area contributed by atoms with Crippen LogP contribution in [0.5, 0.6) is 0 Å². The molecule has 0 heterocycles. The number of hydrogen-bond acceptors (Lipinski definition) is 4. The summed E-state index contributed by atoms with van der Waals surface area (Å²) in [5.74, 6) is -1.24.